The first-order chi connectivity index (χ1) is 11.1. The second-order valence-electron chi connectivity index (χ2n) is 4.94. The maximum absolute atomic E-state index is 14.4. The van der Waals surface area contributed by atoms with Crippen molar-refractivity contribution in [3.05, 3.63) is 56.8 Å². The van der Waals surface area contributed by atoms with E-state index in [4.69, 9.17) is 15.2 Å². The van der Waals surface area contributed by atoms with Crippen molar-refractivity contribution >= 4 is 15.9 Å². The van der Waals surface area contributed by atoms with Gasteiger partial charge in [-0.15, -0.1) is 5.10 Å². The number of nitrogens with one attached hydrogen (secondary N) is 1. The molecule has 0 radical (unpaired) electrons. The van der Waals surface area contributed by atoms with Crippen LogP contribution in [0.4, 0.5) is 4.39 Å². The third-order valence-corrected chi connectivity index (χ3v) is 4.07. The number of H-pyrrole nitrogens is 1. The van der Waals surface area contributed by atoms with Crippen LogP contribution in [-0.2, 0) is 11.3 Å². The maximum Gasteiger partial charge on any atom is 0.244 e. The Hall–Kier alpha value is -2.37. The first-order valence-corrected chi connectivity index (χ1v) is 7.44. The summed E-state index contributed by atoms with van der Waals surface area (Å²) in [5.41, 5.74) is 7.41. The van der Waals surface area contributed by atoms with Gasteiger partial charge in [-0.2, -0.15) is 5.26 Å². The molecule has 1 aliphatic rings. The van der Waals surface area contributed by atoms with E-state index in [0.29, 0.717) is 21.3 Å². The van der Waals surface area contributed by atoms with Crippen LogP contribution in [0.25, 0.3) is 0 Å². The van der Waals surface area contributed by atoms with Crippen molar-refractivity contribution in [1.29, 1.82) is 5.26 Å². The summed E-state index contributed by atoms with van der Waals surface area (Å²) < 4.78 is 25.6. The zero-order chi connectivity index (χ0) is 16.6. The molecule has 0 bridgehead atoms. The molecule has 8 heteroatoms. The topological polar surface area (TPSA) is 97.0 Å². The van der Waals surface area contributed by atoms with Gasteiger partial charge in [0.15, 0.2) is 0 Å². The highest BCUT2D eigenvalue weighted by molar-refractivity contribution is 9.10. The number of methoxy groups -OCH3 is 1. The molecule has 0 saturated heterocycles. The minimum atomic E-state index is -0.717. The van der Waals surface area contributed by atoms with E-state index in [9.17, 15) is 9.65 Å². The number of allylic oxidation sites excluding steroid dienone is 1. The molecule has 0 unspecified atom stereocenters. The maximum atomic E-state index is 14.4. The first-order valence-electron chi connectivity index (χ1n) is 6.65. The molecule has 0 aliphatic carbocycles. The molecule has 0 amide bonds. The third kappa shape index (κ3) is 2.58. The molecule has 6 nitrogen and oxygen atoms in total. The van der Waals surface area contributed by atoms with Gasteiger partial charge >= 0.3 is 0 Å². The summed E-state index contributed by atoms with van der Waals surface area (Å²) in [6.07, 6.45) is 0. The van der Waals surface area contributed by atoms with Crippen LogP contribution in [0.5, 0.6) is 5.88 Å². The Labute approximate surface area is 139 Å². The number of nitrogens with two attached hydrogens (primary N) is 1. The van der Waals surface area contributed by atoms with E-state index in [1.165, 1.54) is 13.2 Å². The molecule has 0 saturated carbocycles. The summed E-state index contributed by atoms with van der Waals surface area (Å²) >= 11 is 3.32. The van der Waals surface area contributed by atoms with E-state index in [1.54, 1.807) is 12.1 Å². The van der Waals surface area contributed by atoms with Gasteiger partial charge in [0.05, 0.1) is 23.8 Å². The van der Waals surface area contributed by atoms with Gasteiger partial charge in [0.2, 0.25) is 11.8 Å². The van der Waals surface area contributed by atoms with Gasteiger partial charge in [-0.1, -0.05) is 15.9 Å². The predicted octanol–water partition coefficient (Wildman–Crippen LogP) is 2.68. The number of fused-ring (bicyclic) bond motifs is 1. The molecule has 1 aliphatic heterocycles. The quantitative estimate of drug-likeness (QED) is 0.855. The Bertz CT molecular complexity index is 840. The number of rotatable bonds is 3. The largest absolute Gasteiger partial charge is 0.420 e. The lowest BCUT2D eigenvalue weighted by Crippen LogP contribution is -2.22. The average molecular weight is 379 g/mol. The fourth-order valence-electron chi connectivity index (χ4n) is 2.61. The Morgan fingerprint density at radius 2 is 2.35 bits per heavy atom. The number of benzene rings is 1. The summed E-state index contributed by atoms with van der Waals surface area (Å²) in [6, 6.07) is 6.54. The molecule has 1 aromatic heterocycles. The lowest BCUT2D eigenvalue weighted by molar-refractivity contribution is 0.180. The minimum absolute atomic E-state index is 0.0835. The van der Waals surface area contributed by atoms with E-state index < -0.39 is 11.7 Å². The van der Waals surface area contributed by atoms with Crippen molar-refractivity contribution < 1.29 is 13.9 Å². The van der Waals surface area contributed by atoms with Crippen molar-refractivity contribution in [2.45, 2.75) is 12.5 Å². The van der Waals surface area contributed by atoms with Gasteiger partial charge in [0, 0.05) is 17.1 Å². The highest BCUT2D eigenvalue weighted by Gasteiger charge is 2.36. The molecule has 2 heterocycles. The fourth-order valence-corrected chi connectivity index (χ4v) is 2.99. The van der Waals surface area contributed by atoms with E-state index >= 15 is 0 Å². The summed E-state index contributed by atoms with van der Waals surface area (Å²) in [6.45, 7) is 0.219. The van der Waals surface area contributed by atoms with E-state index in [0.717, 1.165) is 0 Å². The number of halogens is 2. The van der Waals surface area contributed by atoms with E-state index in [2.05, 4.69) is 26.1 Å². The third-order valence-electron chi connectivity index (χ3n) is 3.58. The number of nitriles is 1. The first kappa shape index (κ1) is 15.5. The van der Waals surface area contributed by atoms with E-state index in [-0.39, 0.29) is 23.9 Å². The Kier molecular flexibility index (Phi) is 4.07. The van der Waals surface area contributed by atoms with Gasteiger partial charge in [0.25, 0.3) is 0 Å². The average Bonchev–Trinajstić information content (AvgIpc) is 2.91. The summed E-state index contributed by atoms with van der Waals surface area (Å²) in [5, 5.41) is 16.3. The van der Waals surface area contributed by atoms with Crippen LogP contribution < -0.4 is 10.5 Å². The fraction of sp³-hybridized carbons (Fsp3) is 0.200. The van der Waals surface area contributed by atoms with E-state index in [1.807, 2.05) is 6.07 Å². The second-order valence-corrected chi connectivity index (χ2v) is 5.86. The summed E-state index contributed by atoms with van der Waals surface area (Å²) in [4.78, 5) is 0. The highest BCUT2D eigenvalue weighted by atomic mass is 79.9. The molecular weight excluding hydrogens is 367 g/mol. The molecule has 118 valence electrons. The monoisotopic (exact) mass is 378 g/mol. The highest BCUT2D eigenvalue weighted by Crippen LogP contribution is 2.44. The molecule has 0 fully saturated rings. The zero-order valence-corrected chi connectivity index (χ0v) is 13.6. The van der Waals surface area contributed by atoms with Crippen LogP contribution in [-0.4, -0.2) is 17.3 Å². The zero-order valence-electron chi connectivity index (χ0n) is 12.1. The number of hydrogen-bond acceptors (Lipinski definition) is 5. The molecule has 1 aromatic carbocycles. The normalized spacial score (nSPS) is 16.7. The van der Waals surface area contributed by atoms with Crippen LogP contribution in [0, 0.1) is 17.1 Å². The Balaban J connectivity index is 2.26. The molecule has 1 atom stereocenters. The van der Waals surface area contributed by atoms with Crippen LogP contribution in [0.2, 0.25) is 0 Å². The lowest BCUT2D eigenvalue weighted by atomic mass is 9.84. The number of ether oxygens (including phenoxy) is 2. The molecular formula is C15H12BrFN4O2. The SMILES string of the molecule is COCc1[nH]nc2c1[C@@H](c1cc(Br)ccc1F)C(C#N)=C(N)O2. The molecule has 23 heavy (non-hydrogen) atoms. The molecule has 3 N–H and O–H groups in total. The van der Waals surface area contributed by atoms with Gasteiger partial charge in [-0.25, -0.2) is 4.39 Å². The van der Waals surface area contributed by atoms with Crippen molar-refractivity contribution in [3.63, 3.8) is 0 Å². The van der Waals surface area contributed by atoms with Crippen LogP contribution in [0.3, 0.4) is 0 Å². The molecule has 0 spiro atoms. The van der Waals surface area contributed by atoms with Gasteiger partial charge in [-0.3, -0.25) is 5.10 Å². The van der Waals surface area contributed by atoms with Crippen LogP contribution >= 0.6 is 15.9 Å². The van der Waals surface area contributed by atoms with Crippen molar-refractivity contribution in [2.75, 3.05) is 7.11 Å². The van der Waals surface area contributed by atoms with Crippen molar-refractivity contribution in [3.8, 4) is 11.9 Å². The van der Waals surface area contributed by atoms with Crippen LogP contribution in [0.1, 0.15) is 22.7 Å². The molecule has 2 aromatic rings. The Morgan fingerprint density at radius 1 is 1.57 bits per heavy atom. The lowest BCUT2D eigenvalue weighted by Gasteiger charge is -2.24. The minimum Gasteiger partial charge on any atom is -0.420 e. The standard InChI is InChI=1S/C15H12BrFN4O2/c1-22-6-11-13-12(8-4-7(16)2-3-10(8)17)9(5-18)14(19)23-15(13)21-20-11/h2-4,12H,6,19H2,1H3,(H,20,21)/t12-/m0/s1. The second kappa shape index (κ2) is 6.02. The van der Waals surface area contributed by atoms with Crippen LogP contribution in [0.15, 0.2) is 34.1 Å². The number of aromatic nitrogens is 2. The van der Waals surface area contributed by atoms with Gasteiger partial charge in [-0.05, 0) is 18.2 Å². The Morgan fingerprint density at radius 3 is 3.04 bits per heavy atom. The number of aromatic amines is 1. The van der Waals surface area contributed by atoms with Crippen molar-refractivity contribution in [2.24, 2.45) is 5.73 Å². The predicted molar refractivity (Wildman–Crippen MR) is 82.7 cm³/mol. The van der Waals surface area contributed by atoms with Crippen molar-refractivity contribution in [1.82, 2.24) is 10.2 Å². The number of hydrogen-bond donors (Lipinski definition) is 2. The van der Waals surface area contributed by atoms with Gasteiger partial charge < -0.3 is 15.2 Å². The summed E-state index contributed by atoms with van der Waals surface area (Å²) in [7, 11) is 1.53. The summed E-state index contributed by atoms with van der Waals surface area (Å²) in [5.74, 6) is -1.03. The van der Waals surface area contributed by atoms with Gasteiger partial charge in [0.1, 0.15) is 17.5 Å². The molecule has 3 rings (SSSR count). The smallest absolute Gasteiger partial charge is 0.244 e. The number of nitrogens with zero attached hydrogens (tertiary/aromatic N) is 2.